The van der Waals surface area contributed by atoms with Gasteiger partial charge in [-0.3, -0.25) is 9.78 Å². The number of hydrogen-bond donors (Lipinski definition) is 1. The largest absolute Gasteiger partial charge is 0.481 e. The van der Waals surface area contributed by atoms with Crippen molar-refractivity contribution in [1.29, 1.82) is 0 Å². The first-order valence-corrected chi connectivity index (χ1v) is 7.33. The maximum Gasteiger partial charge on any atom is 0.303 e. The van der Waals surface area contributed by atoms with E-state index in [0.717, 1.165) is 31.4 Å². The van der Waals surface area contributed by atoms with E-state index in [1.165, 1.54) is 31.4 Å². The smallest absolute Gasteiger partial charge is 0.303 e. The van der Waals surface area contributed by atoms with E-state index in [4.69, 9.17) is 5.11 Å². The Morgan fingerprint density at radius 3 is 2.32 bits per heavy atom. The van der Waals surface area contributed by atoms with Gasteiger partial charge in [-0.05, 0) is 38.3 Å². The molecule has 0 amide bonds. The fourth-order valence-electron chi connectivity index (χ4n) is 2.20. The van der Waals surface area contributed by atoms with Crippen LogP contribution in [-0.4, -0.2) is 16.1 Å². The van der Waals surface area contributed by atoms with Crippen LogP contribution in [0, 0.1) is 6.92 Å². The van der Waals surface area contributed by atoms with Gasteiger partial charge < -0.3 is 5.11 Å². The van der Waals surface area contributed by atoms with E-state index in [2.05, 4.69) is 17.1 Å². The van der Waals surface area contributed by atoms with E-state index in [1.807, 2.05) is 13.0 Å². The standard InChI is InChI=1S/C16H25NO2/c1-14-10-9-12-15(17-14)11-7-5-3-2-4-6-8-13-16(18)19/h9-10,12H,2-8,11,13H2,1H3,(H,18,19). The molecule has 0 aliphatic carbocycles. The van der Waals surface area contributed by atoms with Crippen molar-refractivity contribution in [1.82, 2.24) is 4.98 Å². The molecular weight excluding hydrogens is 238 g/mol. The third kappa shape index (κ3) is 8.36. The Hall–Kier alpha value is -1.38. The highest BCUT2D eigenvalue weighted by atomic mass is 16.4. The van der Waals surface area contributed by atoms with E-state index in [0.29, 0.717) is 6.42 Å². The van der Waals surface area contributed by atoms with Crippen molar-refractivity contribution in [2.75, 3.05) is 0 Å². The fourth-order valence-corrected chi connectivity index (χ4v) is 2.20. The average molecular weight is 263 g/mol. The second kappa shape index (κ2) is 9.54. The first kappa shape index (κ1) is 15.7. The van der Waals surface area contributed by atoms with Crippen molar-refractivity contribution < 1.29 is 9.90 Å². The number of carboxylic acids is 1. The molecule has 0 fully saturated rings. The van der Waals surface area contributed by atoms with Crippen LogP contribution in [-0.2, 0) is 11.2 Å². The topological polar surface area (TPSA) is 50.2 Å². The number of rotatable bonds is 10. The Morgan fingerprint density at radius 1 is 1.05 bits per heavy atom. The second-order valence-corrected chi connectivity index (χ2v) is 5.14. The molecule has 0 bridgehead atoms. The van der Waals surface area contributed by atoms with Crippen LogP contribution in [0.25, 0.3) is 0 Å². The lowest BCUT2D eigenvalue weighted by molar-refractivity contribution is -0.137. The number of aryl methyl sites for hydroxylation is 2. The quantitative estimate of drug-likeness (QED) is 0.645. The molecule has 1 N–H and O–H groups in total. The van der Waals surface area contributed by atoms with Crippen LogP contribution in [0.1, 0.15) is 62.8 Å². The minimum absolute atomic E-state index is 0.318. The highest BCUT2D eigenvalue weighted by Gasteiger charge is 1.98. The van der Waals surface area contributed by atoms with Gasteiger partial charge in [-0.15, -0.1) is 0 Å². The lowest BCUT2D eigenvalue weighted by Crippen LogP contribution is -1.94. The van der Waals surface area contributed by atoms with Crippen molar-refractivity contribution in [3.63, 3.8) is 0 Å². The molecule has 106 valence electrons. The number of carbonyl (C=O) groups is 1. The number of carboxylic acid groups (broad SMARTS) is 1. The molecule has 19 heavy (non-hydrogen) atoms. The molecule has 0 aliphatic rings. The summed E-state index contributed by atoms with van der Waals surface area (Å²) >= 11 is 0. The van der Waals surface area contributed by atoms with E-state index >= 15 is 0 Å². The minimum Gasteiger partial charge on any atom is -0.481 e. The molecule has 0 atom stereocenters. The summed E-state index contributed by atoms with van der Waals surface area (Å²) in [5.74, 6) is -0.675. The van der Waals surface area contributed by atoms with Gasteiger partial charge in [0.2, 0.25) is 0 Å². The number of unbranched alkanes of at least 4 members (excludes halogenated alkanes) is 6. The van der Waals surface area contributed by atoms with Gasteiger partial charge in [0.1, 0.15) is 0 Å². The van der Waals surface area contributed by atoms with Crippen LogP contribution < -0.4 is 0 Å². The van der Waals surface area contributed by atoms with Crippen LogP contribution in [0.2, 0.25) is 0 Å². The molecule has 0 aliphatic heterocycles. The molecule has 0 unspecified atom stereocenters. The van der Waals surface area contributed by atoms with E-state index in [1.54, 1.807) is 0 Å². The molecule has 3 nitrogen and oxygen atoms in total. The van der Waals surface area contributed by atoms with Gasteiger partial charge in [0.15, 0.2) is 0 Å². The van der Waals surface area contributed by atoms with E-state index < -0.39 is 5.97 Å². The minimum atomic E-state index is -0.675. The molecule has 1 heterocycles. The Balaban J connectivity index is 1.93. The summed E-state index contributed by atoms with van der Waals surface area (Å²) in [5.41, 5.74) is 2.29. The van der Waals surface area contributed by atoms with Gasteiger partial charge in [-0.1, -0.05) is 38.2 Å². The zero-order chi connectivity index (χ0) is 13.9. The first-order valence-electron chi connectivity index (χ1n) is 7.33. The van der Waals surface area contributed by atoms with Crippen LogP contribution in [0.15, 0.2) is 18.2 Å². The maximum absolute atomic E-state index is 10.3. The molecule has 3 heteroatoms. The summed E-state index contributed by atoms with van der Waals surface area (Å²) in [5, 5.41) is 8.51. The summed E-state index contributed by atoms with van der Waals surface area (Å²) in [7, 11) is 0. The molecule has 1 aromatic rings. The first-order chi connectivity index (χ1) is 9.18. The number of aromatic nitrogens is 1. The molecule has 0 radical (unpaired) electrons. The van der Waals surface area contributed by atoms with Crippen molar-refractivity contribution in [3.05, 3.63) is 29.6 Å². The zero-order valence-corrected chi connectivity index (χ0v) is 11.9. The maximum atomic E-state index is 10.3. The molecule has 1 rings (SSSR count). The summed E-state index contributed by atoms with van der Waals surface area (Å²) in [4.78, 5) is 14.8. The summed E-state index contributed by atoms with van der Waals surface area (Å²) in [6.45, 7) is 2.03. The van der Waals surface area contributed by atoms with Crippen molar-refractivity contribution in [3.8, 4) is 0 Å². The Bertz CT molecular complexity index is 377. The SMILES string of the molecule is Cc1cccc(CCCCCCCCCC(=O)O)n1. The van der Waals surface area contributed by atoms with Gasteiger partial charge in [-0.25, -0.2) is 0 Å². The zero-order valence-electron chi connectivity index (χ0n) is 11.9. The van der Waals surface area contributed by atoms with Gasteiger partial charge in [-0.2, -0.15) is 0 Å². The monoisotopic (exact) mass is 263 g/mol. The normalized spacial score (nSPS) is 10.6. The Morgan fingerprint density at radius 2 is 1.68 bits per heavy atom. The third-order valence-electron chi connectivity index (χ3n) is 3.27. The lowest BCUT2D eigenvalue weighted by Gasteiger charge is -2.03. The Kier molecular flexibility index (Phi) is 7.87. The van der Waals surface area contributed by atoms with Crippen LogP contribution in [0.3, 0.4) is 0 Å². The molecule has 0 aromatic carbocycles. The van der Waals surface area contributed by atoms with Crippen molar-refractivity contribution in [2.45, 2.75) is 64.7 Å². The fraction of sp³-hybridized carbons (Fsp3) is 0.625. The van der Waals surface area contributed by atoms with Gasteiger partial charge in [0, 0.05) is 17.8 Å². The van der Waals surface area contributed by atoms with E-state index in [9.17, 15) is 4.79 Å². The summed E-state index contributed by atoms with van der Waals surface area (Å²) in [6, 6.07) is 6.19. The van der Waals surface area contributed by atoms with Gasteiger partial charge in [0.25, 0.3) is 0 Å². The highest BCUT2D eigenvalue weighted by molar-refractivity contribution is 5.66. The summed E-state index contributed by atoms with van der Waals surface area (Å²) < 4.78 is 0. The highest BCUT2D eigenvalue weighted by Crippen LogP contribution is 2.10. The van der Waals surface area contributed by atoms with Crippen LogP contribution in [0.5, 0.6) is 0 Å². The molecule has 0 spiro atoms. The predicted molar refractivity (Wildman–Crippen MR) is 77.2 cm³/mol. The molecule has 1 aromatic heterocycles. The Labute approximate surface area is 116 Å². The van der Waals surface area contributed by atoms with Crippen molar-refractivity contribution in [2.24, 2.45) is 0 Å². The predicted octanol–water partition coefficient (Wildman–Crippen LogP) is 4.14. The third-order valence-corrected chi connectivity index (χ3v) is 3.27. The average Bonchev–Trinajstić information content (AvgIpc) is 2.36. The summed E-state index contributed by atoms with van der Waals surface area (Å²) in [6.07, 6.45) is 9.34. The number of aliphatic carboxylic acids is 1. The second-order valence-electron chi connectivity index (χ2n) is 5.14. The molecule has 0 saturated carbocycles. The number of nitrogens with zero attached hydrogens (tertiary/aromatic N) is 1. The number of hydrogen-bond acceptors (Lipinski definition) is 2. The number of pyridine rings is 1. The van der Waals surface area contributed by atoms with Crippen LogP contribution in [0.4, 0.5) is 0 Å². The van der Waals surface area contributed by atoms with Gasteiger partial charge in [0.05, 0.1) is 0 Å². The van der Waals surface area contributed by atoms with Gasteiger partial charge >= 0.3 is 5.97 Å². The molecule has 0 saturated heterocycles. The van der Waals surface area contributed by atoms with E-state index in [-0.39, 0.29) is 0 Å². The lowest BCUT2D eigenvalue weighted by atomic mass is 10.1. The van der Waals surface area contributed by atoms with Crippen LogP contribution >= 0.6 is 0 Å². The molecular formula is C16H25NO2. The van der Waals surface area contributed by atoms with Crippen molar-refractivity contribution >= 4 is 5.97 Å².